The standard InChI is InChI=1S/C25H21N2S2/c1-26-20(14-13-18-8-3-4-9-21(18)26)16-19(23-12-7-15-28-23)17-25-27(2)22-10-5-6-11-24(22)29-25/h3-17H,1-2H3/q+1. The first-order chi connectivity index (χ1) is 14.2. The molecule has 3 heterocycles. The molecule has 0 spiro atoms. The monoisotopic (exact) mass is 413 g/mol. The number of hydrogen-bond acceptors (Lipinski definition) is 3. The molecule has 29 heavy (non-hydrogen) atoms. The second kappa shape index (κ2) is 7.54. The summed E-state index contributed by atoms with van der Waals surface area (Å²) in [6.07, 6.45) is 4.61. The summed E-state index contributed by atoms with van der Waals surface area (Å²) in [4.78, 5) is 4.86. The summed E-state index contributed by atoms with van der Waals surface area (Å²) in [5, 5.41) is 4.64. The maximum Gasteiger partial charge on any atom is 0.212 e. The molecule has 2 nitrogen and oxygen atoms in total. The summed E-state index contributed by atoms with van der Waals surface area (Å²) in [7, 11) is 4.28. The maximum absolute atomic E-state index is 2.31. The van der Waals surface area contributed by atoms with Gasteiger partial charge in [0.05, 0.1) is 10.7 Å². The molecule has 0 N–H and O–H groups in total. The summed E-state index contributed by atoms with van der Waals surface area (Å²) in [6.45, 7) is 0. The van der Waals surface area contributed by atoms with E-state index in [-0.39, 0.29) is 0 Å². The molecule has 0 saturated carbocycles. The van der Waals surface area contributed by atoms with E-state index < -0.39 is 0 Å². The molecule has 2 aromatic carbocycles. The van der Waals surface area contributed by atoms with Crippen LogP contribution in [0.4, 0.5) is 5.69 Å². The molecular formula is C25H21N2S2+. The number of fused-ring (bicyclic) bond motifs is 2. The maximum atomic E-state index is 2.31. The van der Waals surface area contributed by atoms with E-state index in [0.29, 0.717) is 0 Å². The first-order valence-corrected chi connectivity index (χ1v) is 11.3. The van der Waals surface area contributed by atoms with Crippen molar-refractivity contribution in [2.24, 2.45) is 7.05 Å². The predicted molar refractivity (Wildman–Crippen MR) is 126 cm³/mol. The Kier molecular flexibility index (Phi) is 4.74. The Hall–Kier alpha value is -2.82. The van der Waals surface area contributed by atoms with Gasteiger partial charge in [-0.25, -0.2) is 0 Å². The van der Waals surface area contributed by atoms with Gasteiger partial charge in [0.1, 0.15) is 7.05 Å². The molecule has 0 atom stereocenters. The molecule has 2 aromatic heterocycles. The highest BCUT2D eigenvalue weighted by molar-refractivity contribution is 8.03. The van der Waals surface area contributed by atoms with E-state index in [9.17, 15) is 0 Å². The lowest BCUT2D eigenvalue weighted by molar-refractivity contribution is -0.646. The minimum atomic E-state index is 1.19. The van der Waals surface area contributed by atoms with Crippen LogP contribution in [0.25, 0.3) is 22.6 Å². The van der Waals surface area contributed by atoms with Gasteiger partial charge in [-0.1, -0.05) is 42.1 Å². The van der Waals surface area contributed by atoms with Gasteiger partial charge >= 0.3 is 0 Å². The Morgan fingerprint density at radius 1 is 0.931 bits per heavy atom. The first-order valence-electron chi connectivity index (χ1n) is 9.56. The average Bonchev–Trinajstić information content (AvgIpc) is 3.39. The third-order valence-corrected chi connectivity index (χ3v) is 7.36. The van der Waals surface area contributed by atoms with Gasteiger partial charge in [0.25, 0.3) is 0 Å². The zero-order valence-electron chi connectivity index (χ0n) is 16.4. The van der Waals surface area contributed by atoms with Crippen LogP contribution < -0.4 is 9.47 Å². The number of allylic oxidation sites excluding steroid dienone is 2. The van der Waals surface area contributed by atoms with Gasteiger partial charge in [-0.3, -0.25) is 0 Å². The number of rotatable bonds is 3. The Morgan fingerprint density at radius 2 is 1.76 bits per heavy atom. The molecule has 142 valence electrons. The van der Waals surface area contributed by atoms with Crippen LogP contribution in [0.1, 0.15) is 10.6 Å². The van der Waals surface area contributed by atoms with Gasteiger partial charge < -0.3 is 4.90 Å². The number of nitrogens with zero attached hydrogens (tertiary/aromatic N) is 2. The highest BCUT2D eigenvalue weighted by Gasteiger charge is 2.22. The molecule has 0 radical (unpaired) electrons. The number of aromatic nitrogens is 1. The number of benzene rings is 2. The van der Waals surface area contributed by atoms with Crippen molar-refractivity contribution < 1.29 is 4.57 Å². The van der Waals surface area contributed by atoms with Crippen LogP contribution in [0.3, 0.4) is 0 Å². The Bertz CT molecular complexity index is 1250. The van der Waals surface area contributed by atoms with Crippen LogP contribution in [0, 0.1) is 0 Å². The van der Waals surface area contributed by atoms with Crippen molar-refractivity contribution in [1.29, 1.82) is 0 Å². The van der Waals surface area contributed by atoms with Crippen molar-refractivity contribution in [3.63, 3.8) is 0 Å². The molecule has 1 aliphatic rings. The van der Waals surface area contributed by atoms with Crippen molar-refractivity contribution in [3.8, 4) is 0 Å². The average molecular weight is 414 g/mol. The van der Waals surface area contributed by atoms with E-state index in [1.807, 2.05) is 11.8 Å². The quantitative estimate of drug-likeness (QED) is 0.361. The molecule has 0 bridgehead atoms. The molecule has 0 amide bonds. The van der Waals surface area contributed by atoms with E-state index in [2.05, 4.69) is 114 Å². The summed E-state index contributed by atoms with van der Waals surface area (Å²) < 4.78 is 2.27. The molecule has 0 saturated heterocycles. The summed E-state index contributed by atoms with van der Waals surface area (Å²) >= 11 is 3.61. The second-order valence-electron chi connectivity index (χ2n) is 7.06. The number of anilines is 1. The minimum absolute atomic E-state index is 1.19. The molecule has 0 aliphatic carbocycles. The van der Waals surface area contributed by atoms with Crippen LogP contribution >= 0.6 is 23.1 Å². The Balaban J connectivity index is 1.62. The van der Waals surface area contributed by atoms with Crippen LogP contribution in [-0.2, 0) is 7.05 Å². The summed E-state index contributed by atoms with van der Waals surface area (Å²) in [6, 6.07) is 25.8. The van der Waals surface area contributed by atoms with E-state index >= 15 is 0 Å². The van der Waals surface area contributed by atoms with Gasteiger partial charge in [-0.2, -0.15) is 4.57 Å². The van der Waals surface area contributed by atoms with Gasteiger partial charge in [0.2, 0.25) is 11.2 Å². The second-order valence-corrected chi connectivity index (χ2v) is 9.07. The lowest BCUT2D eigenvalue weighted by Gasteiger charge is -2.14. The van der Waals surface area contributed by atoms with Gasteiger partial charge in [0.15, 0.2) is 0 Å². The number of thioether (sulfide) groups is 1. The SMILES string of the molecule is CN1/C(=C\C(=C\c2ccc3ccccc3[n+]2C)c2cccs2)Sc2ccccc21. The van der Waals surface area contributed by atoms with Crippen molar-refractivity contribution in [1.82, 2.24) is 0 Å². The lowest BCUT2D eigenvalue weighted by atomic mass is 10.1. The highest BCUT2D eigenvalue weighted by atomic mass is 32.2. The summed E-state index contributed by atoms with van der Waals surface area (Å²) in [5.41, 5.74) is 4.92. The van der Waals surface area contributed by atoms with E-state index in [1.54, 1.807) is 11.3 Å². The zero-order chi connectivity index (χ0) is 19.8. The molecule has 4 heteroatoms. The van der Waals surface area contributed by atoms with E-state index in [0.717, 1.165) is 0 Å². The highest BCUT2D eigenvalue weighted by Crippen LogP contribution is 2.45. The fraction of sp³-hybridized carbons (Fsp3) is 0.0800. The lowest BCUT2D eigenvalue weighted by Crippen LogP contribution is -2.32. The van der Waals surface area contributed by atoms with Crippen LogP contribution in [0.2, 0.25) is 0 Å². The minimum Gasteiger partial charge on any atom is -0.338 e. The number of pyridine rings is 1. The Morgan fingerprint density at radius 3 is 2.59 bits per heavy atom. The fourth-order valence-corrected chi connectivity index (χ4v) is 5.49. The van der Waals surface area contributed by atoms with Crippen molar-refractivity contribution in [3.05, 3.63) is 99.9 Å². The summed E-state index contributed by atoms with van der Waals surface area (Å²) in [5.74, 6) is 0. The molecule has 4 aromatic rings. The topological polar surface area (TPSA) is 7.12 Å². The first kappa shape index (κ1) is 18.2. The van der Waals surface area contributed by atoms with Gasteiger partial charge in [-0.15, -0.1) is 11.3 Å². The Labute approximate surface area is 179 Å². The molecule has 0 fully saturated rings. The van der Waals surface area contributed by atoms with Crippen LogP contribution in [0.15, 0.2) is 94.2 Å². The molecule has 5 rings (SSSR count). The van der Waals surface area contributed by atoms with Crippen molar-refractivity contribution >= 4 is 51.3 Å². The van der Waals surface area contributed by atoms with Crippen molar-refractivity contribution in [2.45, 2.75) is 4.90 Å². The van der Waals surface area contributed by atoms with Gasteiger partial charge in [0, 0.05) is 46.0 Å². The number of hydrogen-bond donors (Lipinski definition) is 0. The van der Waals surface area contributed by atoms with E-state index in [1.165, 1.54) is 42.7 Å². The predicted octanol–water partition coefficient (Wildman–Crippen LogP) is 6.35. The fourth-order valence-electron chi connectivity index (χ4n) is 3.67. The molecular weight excluding hydrogens is 392 g/mol. The third-order valence-electron chi connectivity index (χ3n) is 5.28. The normalized spacial score (nSPS) is 15.3. The van der Waals surface area contributed by atoms with Gasteiger partial charge in [-0.05, 0) is 41.8 Å². The third kappa shape index (κ3) is 3.39. The molecule has 0 unspecified atom stereocenters. The van der Waals surface area contributed by atoms with Crippen molar-refractivity contribution in [2.75, 3.05) is 11.9 Å². The number of para-hydroxylation sites is 2. The zero-order valence-corrected chi connectivity index (χ0v) is 18.0. The number of thiophene rings is 1. The van der Waals surface area contributed by atoms with Crippen LogP contribution in [0.5, 0.6) is 0 Å². The smallest absolute Gasteiger partial charge is 0.212 e. The molecule has 1 aliphatic heterocycles. The van der Waals surface area contributed by atoms with E-state index in [4.69, 9.17) is 0 Å². The van der Waals surface area contributed by atoms with Crippen LogP contribution in [-0.4, -0.2) is 7.05 Å². The number of aryl methyl sites for hydroxylation is 1. The largest absolute Gasteiger partial charge is 0.338 e.